The van der Waals surface area contributed by atoms with E-state index in [-0.39, 0.29) is 24.3 Å². The Morgan fingerprint density at radius 2 is 1.71 bits per heavy atom. The first kappa shape index (κ1) is 34.2. The first-order chi connectivity index (χ1) is 24.8. The number of carbonyl (C=O) groups excluding carboxylic acids is 3. The second-order valence-corrected chi connectivity index (χ2v) is 19.3. The zero-order chi connectivity index (χ0) is 36.1. The van der Waals surface area contributed by atoms with E-state index in [9.17, 15) is 19.5 Å². The average Bonchev–Trinajstić information content (AvgIpc) is 3.60. The summed E-state index contributed by atoms with van der Waals surface area (Å²) in [6.45, 7) is 10.0. The van der Waals surface area contributed by atoms with Crippen LogP contribution in [0, 0.1) is 45.3 Å². The lowest BCUT2D eigenvalue weighted by atomic mass is 9.35. The van der Waals surface area contributed by atoms with Gasteiger partial charge in [0.05, 0.1) is 29.3 Å². The Balaban J connectivity index is 0.983. The van der Waals surface area contributed by atoms with Crippen LogP contribution in [0.25, 0.3) is 0 Å². The molecular formula is C41H56N2O9. The van der Waals surface area contributed by atoms with Gasteiger partial charge in [0.1, 0.15) is 30.2 Å². The molecule has 3 spiro atoms. The minimum atomic E-state index is -1.39. The molecule has 1 aromatic heterocycles. The molecule has 4 saturated carbocycles. The number of nitrogens with one attached hydrogen (secondary N) is 2. The molecule has 6 heterocycles. The molecule has 284 valence electrons. The van der Waals surface area contributed by atoms with Crippen molar-refractivity contribution in [3.05, 3.63) is 23.7 Å². The van der Waals surface area contributed by atoms with E-state index in [4.69, 9.17) is 23.4 Å². The molecule has 3 N–H and O–H groups in total. The minimum absolute atomic E-state index is 0.0677. The van der Waals surface area contributed by atoms with Crippen molar-refractivity contribution in [2.24, 2.45) is 45.3 Å². The Labute approximate surface area is 306 Å². The summed E-state index contributed by atoms with van der Waals surface area (Å²) >= 11 is 0. The molecule has 10 rings (SSSR count). The van der Waals surface area contributed by atoms with Crippen molar-refractivity contribution in [2.75, 3.05) is 19.8 Å². The molecule has 9 aliphatic rings. The van der Waals surface area contributed by atoms with Gasteiger partial charge in [0, 0.05) is 47.5 Å². The van der Waals surface area contributed by atoms with Gasteiger partial charge in [-0.1, -0.05) is 39.5 Å². The summed E-state index contributed by atoms with van der Waals surface area (Å²) in [5.41, 5.74) is -4.77. The topological polar surface area (TPSA) is 149 Å². The molecule has 0 aromatic carbocycles. The number of esters is 2. The number of ether oxygens (including phenoxy) is 4. The smallest absolute Gasteiger partial charge is 0.339 e. The number of rotatable bonds is 5. The van der Waals surface area contributed by atoms with Crippen LogP contribution < -0.4 is 10.6 Å². The molecule has 52 heavy (non-hydrogen) atoms. The first-order valence-corrected chi connectivity index (χ1v) is 20.3. The number of hydrogen-bond acceptors (Lipinski definition) is 11. The molecule has 5 saturated heterocycles. The van der Waals surface area contributed by atoms with Gasteiger partial charge in [0.15, 0.2) is 11.9 Å². The zero-order valence-electron chi connectivity index (χ0n) is 31.2. The van der Waals surface area contributed by atoms with Crippen LogP contribution in [-0.2, 0) is 39.8 Å². The molecule has 0 bridgehead atoms. The molecule has 11 nitrogen and oxygen atoms in total. The van der Waals surface area contributed by atoms with Crippen molar-refractivity contribution in [3.8, 4) is 0 Å². The maximum atomic E-state index is 14.9. The van der Waals surface area contributed by atoms with Crippen LogP contribution in [0.15, 0.2) is 16.7 Å². The number of cyclic esters (lactones) is 2. The van der Waals surface area contributed by atoms with E-state index in [0.717, 1.165) is 56.1 Å². The minimum Gasteiger partial charge on any atom is -0.469 e. The Morgan fingerprint density at radius 1 is 0.942 bits per heavy atom. The van der Waals surface area contributed by atoms with Gasteiger partial charge in [-0.2, -0.15) is 0 Å². The van der Waals surface area contributed by atoms with Gasteiger partial charge < -0.3 is 39.1 Å². The van der Waals surface area contributed by atoms with Gasteiger partial charge in [0.25, 0.3) is 0 Å². The Kier molecular flexibility index (Phi) is 7.33. The fraction of sp³-hybridized carbons (Fsp3) is 0.829. The SMILES string of the molecule is CC1(C)OC2C3(CCCC3)C(=O)OCC23C1C(=O)C(O)C1(C)C3CCC2(C)C(c3ccoc3CCC3CCC(C4CNCN4)CC3)OC(=O)C3OC321. The number of ketones is 1. The largest absolute Gasteiger partial charge is 0.469 e. The third-order valence-corrected chi connectivity index (χ3v) is 16.9. The van der Waals surface area contributed by atoms with Crippen LogP contribution in [0.5, 0.6) is 0 Å². The van der Waals surface area contributed by atoms with Gasteiger partial charge in [-0.15, -0.1) is 0 Å². The van der Waals surface area contributed by atoms with Gasteiger partial charge in [-0.05, 0) is 82.6 Å². The molecule has 5 aliphatic heterocycles. The van der Waals surface area contributed by atoms with Crippen molar-refractivity contribution in [3.63, 3.8) is 0 Å². The highest BCUT2D eigenvalue weighted by Crippen LogP contribution is 2.81. The second-order valence-electron chi connectivity index (χ2n) is 19.3. The fourth-order valence-electron chi connectivity index (χ4n) is 14.6. The molecule has 0 amide bonds. The molecule has 11 atom stereocenters. The quantitative estimate of drug-likeness (QED) is 0.291. The lowest BCUT2D eigenvalue weighted by Crippen LogP contribution is -2.77. The van der Waals surface area contributed by atoms with Crippen molar-refractivity contribution in [2.45, 2.75) is 146 Å². The maximum absolute atomic E-state index is 14.9. The van der Waals surface area contributed by atoms with Crippen molar-refractivity contribution >= 4 is 17.7 Å². The summed E-state index contributed by atoms with van der Waals surface area (Å²) in [5, 5.41) is 19.5. The summed E-state index contributed by atoms with van der Waals surface area (Å²) in [5.74, 6) is 0.274. The van der Waals surface area contributed by atoms with Crippen molar-refractivity contribution in [1.29, 1.82) is 0 Å². The predicted molar refractivity (Wildman–Crippen MR) is 185 cm³/mol. The zero-order valence-corrected chi connectivity index (χ0v) is 31.2. The number of carbonyl (C=O) groups is 3. The first-order valence-electron chi connectivity index (χ1n) is 20.3. The standard InChI is InChI=1S/C41H56N2O9/c1-36(2)29-28(44)30(45)38(4)27(40(29)20-49-35(47)39(34(40)52-36)15-5-6-16-39)13-17-37(3)31(50-33(46)32-41(37,38)51-32)24-14-18-48-26(24)12-9-22-7-10-23(11-8-22)25-19-42-21-43-25/h14,18,22-23,25,27,29-32,34,42-43,45H,5-13,15-17,19-21H2,1-4H3. The van der Waals surface area contributed by atoms with Gasteiger partial charge in [-0.25, -0.2) is 4.79 Å². The van der Waals surface area contributed by atoms with Gasteiger partial charge in [0.2, 0.25) is 0 Å². The molecular weight excluding hydrogens is 664 g/mol. The van der Waals surface area contributed by atoms with E-state index in [2.05, 4.69) is 17.6 Å². The van der Waals surface area contributed by atoms with E-state index < -0.39 is 69.2 Å². The molecule has 0 radical (unpaired) electrons. The van der Waals surface area contributed by atoms with Crippen LogP contribution in [0.1, 0.15) is 116 Å². The van der Waals surface area contributed by atoms with E-state index in [0.29, 0.717) is 37.6 Å². The summed E-state index contributed by atoms with van der Waals surface area (Å²) in [4.78, 5) is 42.6. The second kappa shape index (κ2) is 11.1. The Morgan fingerprint density at radius 3 is 2.44 bits per heavy atom. The summed E-state index contributed by atoms with van der Waals surface area (Å²) < 4.78 is 32.4. The number of aryl methyl sites for hydroxylation is 1. The van der Waals surface area contributed by atoms with Gasteiger partial charge >= 0.3 is 11.9 Å². The monoisotopic (exact) mass is 720 g/mol. The van der Waals surface area contributed by atoms with Gasteiger partial charge in [-0.3, -0.25) is 9.59 Å². The molecule has 11 unspecified atom stereocenters. The number of fused-ring (bicyclic) bond motifs is 2. The third-order valence-electron chi connectivity index (χ3n) is 16.9. The maximum Gasteiger partial charge on any atom is 0.339 e. The molecule has 1 aromatic rings. The summed E-state index contributed by atoms with van der Waals surface area (Å²) in [7, 11) is 0. The van der Waals surface area contributed by atoms with Crippen LogP contribution in [0.3, 0.4) is 0 Å². The van der Waals surface area contributed by atoms with E-state index >= 15 is 0 Å². The highest BCUT2D eigenvalue weighted by atomic mass is 16.7. The summed E-state index contributed by atoms with van der Waals surface area (Å²) in [6, 6.07) is 2.53. The van der Waals surface area contributed by atoms with Crippen molar-refractivity contribution < 1.29 is 42.9 Å². The van der Waals surface area contributed by atoms with Crippen LogP contribution in [0.2, 0.25) is 0 Å². The lowest BCUT2D eigenvalue weighted by molar-refractivity contribution is -0.264. The molecule has 4 aliphatic carbocycles. The molecule has 11 heteroatoms. The highest BCUT2D eigenvalue weighted by molar-refractivity contribution is 5.92. The highest BCUT2D eigenvalue weighted by Gasteiger charge is 2.91. The van der Waals surface area contributed by atoms with Crippen LogP contribution in [-0.4, -0.2) is 78.2 Å². The molecule has 9 fully saturated rings. The number of furan rings is 1. The lowest BCUT2D eigenvalue weighted by Gasteiger charge is -2.67. The normalized spacial score (nSPS) is 49.7. The van der Waals surface area contributed by atoms with E-state index in [1.54, 1.807) is 6.26 Å². The Hall–Kier alpha value is -2.31. The summed E-state index contributed by atoms with van der Waals surface area (Å²) in [6.07, 6.45) is 9.33. The number of Topliss-reactive ketones (excluding diaryl/α,β-unsaturated/α-hetero) is 1. The number of hydrogen-bond donors (Lipinski definition) is 3. The predicted octanol–water partition coefficient (Wildman–Crippen LogP) is 4.54. The average molecular weight is 721 g/mol. The third kappa shape index (κ3) is 4.03. The fourth-order valence-corrected chi connectivity index (χ4v) is 14.6. The number of epoxide rings is 1. The number of aliphatic hydroxyl groups excluding tert-OH is 1. The van der Waals surface area contributed by atoms with Crippen LogP contribution >= 0.6 is 0 Å². The van der Waals surface area contributed by atoms with Crippen molar-refractivity contribution in [1.82, 2.24) is 10.6 Å². The van der Waals surface area contributed by atoms with E-state index in [1.165, 1.54) is 25.7 Å². The van der Waals surface area contributed by atoms with E-state index in [1.807, 2.05) is 26.8 Å². The number of aliphatic hydroxyl groups is 1. The van der Waals surface area contributed by atoms with Crippen LogP contribution in [0.4, 0.5) is 0 Å². The Bertz CT molecular complexity index is 1670.